The molecule has 296 valence electrons. The van der Waals surface area contributed by atoms with Gasteiger partial charge < -0.3 is 35.0 Å². The minimum atomic E-state index is -1.05. The Balaban J connectivity index is 2.58. The first-order valence-corrected chi connectivity index (χ1v) is 18.8. The first-order chi connectivity index (χ1) is 24.9. The van der Waals surface area contributed by atoms with E-state index in [0.29, 0.717) is 6.42 Å². The van der Waals surface area contributed by atoms with Crippen molar-refractivity contribution in [3.8, 4) is 0 Å². The quantitative estimate of drug-likeness (QED) is 0.278. The maximum absolute atomic E-state index is 14.1. The van der Waals surface area contributed by atoms with Gasteiger partial charge in [0.1, 0.15) is 30.3 Å². The fourth-order valence-corrected chi connectivity index (χ4v) is 6.18. The highest BCUT2D eigenvalue weighted by atomic mass is 16.5. The van der Waals surface area contributed by atoms with Crippen LogP contribution < -0.4 is 10.6 Å². The molecule has 0 bridgehead atoms. The van der Waals surface area contributed by atoms with E-state index in [-0.39, 0.29) is 50.2 Å². The molecule has 7 atom stereocenters. The van der Waals surface area contributed by atoms with Crippen LogP contribution in [-0.2, 0) is 39.9 Å². The first-order valence-electron chi connectivity index (χ1n) is 18.8. The maximum atomic E-state index is 14.1. The average molecular weight is 741 g/mol. The summed E-state index contributed by atoms with van der Waals surface area (Å²) in [6.45, 7) is 16.3. The van der Waals surface area contributed by atoms with E-state index in [1.807, 2.05) is 91.0 Å². The molecule has 53 heavy (non-hydrogen) atoms. The van der Waals surface area contributed by atoms with Crippen LogP contribution in [0.4, 0.5) is 0 Å². The predicted octanol–water partition coefficient (Wildman–Crippen LogP) is 4.21. The molecule has 4 amide bonds. The Labute approximate surface area is 316 Å². The van der Waals surface area contributed by atoms with Crippen molar-refractivity contribution < 1.29 is 38.6 Å². The van der Waals surface area contributed by atoms with E-state index in [0.717, 1.165) is 16.7 Å². The number of likely N-dealkylation sites (N-methyl/N-ethyl adjacent to an activating group) is 2. The zero-order valence-corrected chi connectivity index (χ0v) is 33.7. The lowest BCUT2D eigenvalue weighted by Crippen LogP contribution is -2.56. The molecule has 12 nitrogen and oxygen atoms in total. The largest absolute Gasteiger partial charge is 0.456 e. The number of esters is 1. The molecule has 0 aromatic heterocycles. The van der Waals surface area contributed by atoms with Crippen LogP contribution in [0.5, 0.6) is 0 Å². The van der Waals surface area contributed by atoms with E-state index in [2.05, 4.69) is 10.6 Å². The summed E-state index contributed by atoms with van der Waals surface area (Å²) in [5.74, 6) is -3.03. The van der Waals surface area contributed by atoms with E-state index in [1.54, 1.807) is 14.0 Å². The Morgan fingerprint density at radius 1 is 0.962 bits per heavy atom. The third-order valence-corrected chi connectivity index (χ3v) is 9.61. The summed E-state index contributed by atoms with van der Waals surface area (Å²) in [7, 11) is 3.07. The number of hydrogen-bond donors (Lipinski definition) is 3. The molecule has 2 rings (SSSR count). The number of allylic oxidation sites excluding steroid dienone is 1. The summed E-state index contributed by atoms with van der Waals surface area (Å²) >= 11 is 0. The van der Waals surface area contributed by atoms with Gasteiger partial charge in [-0.1, -0.05) is 82.7 Å². The Morgan fingerprint density at radius 3 is 2.17 bits per heavy atom. The third kappa shape index (κ3) is 14.4. The second-order valence-electron chi connectivity index (χ2n) is 15.4. The number of amides is 4. The third-order valence-electron chi connectivity index (χ3n) is 9.61. The van der Waals surface area contributed by atoms with E-state index in [1.165, 1.54) is 23.8 Å². The van der Waals surface area contributed by atoms with Gasteiger partial charge in [0.05, 0.1) is 19.3 Å². The Bertz CT molecular complexity index is 1440. The van der Waals surface area contributed by atoms with Crippen LogP contribution in [-0.4, -0.2) is 108 Å². The SMILES string of the molecule is C/C=C(\C)C1OC(=O)[C@H](C)NC(=O)[C@H](CC(C)C)NC(=O)CN(C)C(=O)[C@H](Cc2ccccc2)N(C)C(=O)[C@@H](CC(C)C)OC/C(C)=C/C[C@H](O)[C@@H]1C. The fourth-order valence-electron chi connectivity index (χ4n) is 6.18. The average Bonchev–Trinajstić information content (AvgIpc) is 3.11. The molecule has 0 fully saturated rings. The van der Waals surface area contributed by atoms with Crippen molar-refractivity contribution in [3.63, 3.8) is 0 Å². The number of rotatable bonds is 7. The van der Waals surface area contributed by atoms with Crippen molar-refractivity contribution in [1.82, 2.24) is 20.4 Å². The lowest BCUT2D eigenvalue weighted by atomic mass is 9.90. The van der Waals surface area contributed by atoms with E-state index < -0.39 is 66.0 Å². The van der Waals surface area contributed by atoms with Crippen molar-refractivity contribution in [2.24, 2.45) is 17.8 Å². The molecule has 1 aromatic rings. The molecule has 12 heteroatoms. The summed E-state index contributed by atoms with van der Waals surface area (Å²) in [6.07, 6.45) is 2.29. The van der Waals surface area contributed by atoms with Crippen molar-refractivity contribution in [2.45, 2.75) is 124 Å². The number of carbonyl (C=O) groups is 5. The van der Waals surface area contributed by atoms with Crippen LogP contribution >= 0.6 is 0 Å². The molecule has 3 N–H and O–H groups in total. The lowest BCUT2D eigenvalue weighted by Gasteiger charge is -2.33. The number of hydrogen-bond acceptors (Lipinski definition) is 8. The van der Waals surface area contributed by atoms with Crippen molar-refractivity contribution >= 4 is 29.6 Å². The minimum Gasteiger partial charge on any atom is -0.456 e. The zero-order chi connectivity index (χ0) is 40.0. The van der Waals surface area contributed by atoms with Crippen LogP contribution in [0.1, 0.15) is 87.1 Å². The van der Waals surface area contributed by atoms with Gasteiger partial charge in [0, 0.05) is 26.4 Å². The van der Waals surface area contributed by atoms with Gasteiger partial charge in [-0.3, -0.25) is 19.2 Å². The van der Waals surface area contributed by atoms with Gasteiger partial charge in [0.15, 0.2) is 0 Å². The summed E-state index contributed by atoms with van der Waals surface area (Å²) in [6, 6.07) is 6.34. The van der Waals surface area contributed by atoms with Crippen molar-refractivity contribution in [1.29, 1.82) is 0 Å². The number of aliphatic hydroxyl groups excluding tert-OH is 1. The number of nitrogens with one attached hydrogen (secondary N) is 2. The van der Waals surface area contributed by atoms with Gasteiger partial charge in [-0.15, -0.1) is 0 Å². The van der Waals surface area contributed by atoms with Gasteiger partial charge in [0.2, 0.25) is 17.7 Å². The van der Waals surface area contributed by atoms with Crippen LogP contribution in [0, 0.1) is 17.8 Å². The van der Waals surface area contributed by atoms with Gasteiger partial charge in [0.25, 0.3) is 5.91 Å². The molecule has 0 saturated heterocycles. The zero-order valence-electron chi connectivity index (χ0n) is 33.7. The molecular weight excluding hydrogens is 676 g/mol. The van der Waals surface area contributed by atoms with Crippen LogP contribution in [0.3, 0.4) is 0 Å². The fraction of sp³-hybridized carbons (Fsp3) is 0.634. The summed E-state index contributed by atoms with van der Waals surface area (Å²) in [5.41, 5.74) is 2.37. The summed E-state index contributed by atoms with van der Waals surface area (Å²) < 4.78 is 12.1. The number of aliphatic hydroxyl groups is 1. The standard InChI is InChI=1S/C41H64N4O8/c1-12-28(7)37-29(8)34(46)19-18-27(6)24-52-35(21-26(4)5)40(50)45(11)33(22-31-16-14-13-15-17-31)39(49)44(10)23-36(47)43-32(20-25(2)3)38(48)42-30(9)41(51)53-37/h12-18,25-26,29-30,32-35,37,46H,19-24H2,1-11H3,(H,42,48)(H,43,47)/b27-18+,28-12+/t29-,30-,32-,33-,34-,35+,37?/m0/s1. The van der Waals surface area contributed by atoms with Gasteiger partial charge >= 0.3 is 5.97 Å². The molecule has 1 aliphatic rings. The molecule has 0 radical (unpaired) electrons. The minimum absolute atomic E-state index is 0.00738. The molecule has 1 heterocycles. The highest BCUT2D eigenvalue weighted by Gasteiger charge is 2.36. The maximum Gasteiger partial charge on any atom is 0.328 e. The number of nitrogens with zero attached hydrogens (tertiary/aromatic N) is 2. The highest BCUT2D eigenvalue weighted by molar-refractivity contribution is 5.94. The number of carbonyl (C=O) groups excluding carboxylic acids is 5. The first kappa shape index (κ1) is 45.1. The topological polar surface area (TPSA) is 155 Å². The van der Waals surface area contributed by atoms with Crippen LogP contribution in [0.15, 0.2) is 53.6 Å². The molecule has 1 aliphatic heterocycles. The molecular formula is C41H64N4O8. The van der Waals surface area contributed by atoms with Crippen LogP contribution in [0.25, 0.3) is 0 Å². The number of ether oxygens (including phenoxy) is 2. The Hall–Kier alpha value is -4.03. The molecule has 1 unspecified atom stereocenters. The second-order valence-corrected chi connectivity index (χ2v) is 15.4. The second kappa shape index (κ2) is 21.6. The van der Waals surface area contributed by atoms with Crippen LogP contribution in [0.2, 0.25) is 0 Å². The summed E-state index contributed by atoms with van der Waals surface area (Å²) in [4.78, 5) is 71.2. The highest BCUT2D eigenvalue weighted by Crippen LogP contribution is 2.24. The normalized spacial score (nSPS) is 28.3. The molecule has 0 saturated carbocycles. The Morgan fingerprint density at radius 2 is 1.58 bits per heavy atom. The van der Waals surface area contributed by atoms with E-state index in [9.17, 15) is 29.1 Å². The summed E-state index contributed by atoms with van der Waals surface area (Å²) in [5, 5.41) is 16.7. The van der Waals surface area contributed by atoms with E-state index >= 15 is 0 Å². The smallest absolute Gasteiger partial charge is 0.328 e. The Kier molecular flexibility index (Phi) is 18.4. The molecule has 0 aliphatic carbocycles. The van der Waals surface area contributed by atoms with Gasteiger partial charge in [-0.25, -0.2) is 4.79 Å². The van der Waals surface area contributed by atoms with Gasteiger partial charge in [-0.05, 0) is 69.9 Å². The van der Waals surface area contributed by atoms with Gasteiger partial charge in [-0.2, -0.15) is 0 Å². The predicted molar refractivity (Wildman–Crippen MR) is 205 cm³/mol. The lowest BCUT2D eigenvalue weighted by molar-refractivity contribution is -0.154. The number of benzene rings is 1. The number of cyclic esters (lactones) is 1. The van der Waals surface area contributed by atoms with E-state index in [4.69, 9.17) is 9.47 Å². The monoisotopic (exact) mass is 740 g/mol. The van der Waals surface area contributed by atoms with Crippen molar-refractivity contribution in [3.05, 3.63) is 59.2 Å². The molecule has 0 spiro atoms. The van der Waals surface area contributed by atoms with Crippen molar-refractivity contribution in [2.75, 3.05) is 27.2 Å². The molecule has 1 aromatic carbocycles.